The van der Waals surface area contributed by atoms with Crippen LogP contribution in [0.25, 0.3) is 0 Å². The molecule has 4 rings (SSSR count). The molecule has 2 saturated heterocycles. The van der Waals surface area contributed by atoms with Crippen molar-refractivity contribution in [3.8, 4) is 0 Å². The van der Waals surface area contributed by atoms with Gasteiger partial charge < -0.3 is 0 Å². The van der Waals surface area contributed by atoms with Crippen LogP contribution in [0.15, 0.2) is 42.5 Å². The highest BCUT2D eigenvalue weighted by Crippen LogP contribution is 2.54. The van der Waals surface area contributed by atoms with Crippen LogP contribution in [0.4, 0.5) is 0 Å². The quantitative estimate of drug-likeness (QED) is 0.809. The first-order valence-corrected chi connectivity index (χ1v) is 10.4. The fourth-order valence-corrected chi connectivity index (χ4v) is 9.41. The van der Waals surface area contributed by atoms with Gasteiger partial charge in [-0.05, 0) is 18.6 Å². The molecule has 0 radical (unpaired) electrons. The summed E-state index contributed by atoms with van der Waals surface area (Å²) in [5.74, 6) is 0.975. The van der Waals surface area contributed by atoms with Gasteiger partial charge in [0.05, 0.1) is 11.6 Å². The molecular weight excluding hydrogens is 330 g/mol. The van der Waals surface area contributed by atoms with Crippen molar-refractivity contribution in [2.75, 3.05) is 11.5 Å². The summed E-state index contributed by atoms with van der Waals surface area (Å²) >= 11 is 0. The molecule has 4 nitrogen and oxygen atoms in total. The molecule has 6 heteroatoms. The van der Waals surface area contributed by atoms with Crippen molar-refractivity contribution in [1.82, 2.24) is 4.90 Å². The van der Waals surface area contributed by atoms with Gasteiger partial charge in [0.1, 0.15) is 4.08 Å². The lowest BCUT2D eigenvalue weighted by Crippen LogP contribution is -2.58. The van der Waals surface area contributed by atoms with Gasteiger partial charge in [0.15, 0.2) is 5.78 Å². The second-order valence-corrected chi connectivity index (χ2v) is 10.4. The predicted molar refractivity (Wildman–Crippen MR) is 91.7 cm³/mol. The van der Waals surface area contributed by atoms with Gasteiger partial charge >= 0.3 is 0 Å². The molecule has 0 aliphatic carbocycles. The number of nitrogens with zero attached hydrogens (tertiary/aromatic N) is 1. The Morgan fingerprint density at radius 2 is 1.83 bits per heavy atom. The summed E-state index contributed by atoms with van der Waals surface area (Å²) in [6.45, 7) is 2.61. The number of carbonyl (C=O) groups excluding carboxylic acids is 1. The molecule has 2 unspecified atom stereocenters. The minimum Gasteiger partial charge on any atom is -0.293 e. The summed E-state index contributed by atoms with van der Waals surface area (Å²) in [5.41, 5.74) is 0.506. The molecule has 3 heterocycles. The third kappa shape index (κ3) is 1.95. The lowest BCUT2D eigenvalue weighted by molar-refractivity contribution is -0.120. The lowest BCUT2D eigenvalue weighted by atomic mass is 9.95. The molecule has 3 aliphatic rings. The zero-order chi connectivity index (χ0) is 16.2. The second-order valence-electron chi connectivity index (χ2n) is 6.57. The molecule has 2 fully saturated rings. The number of ketones is 1. The highest BCUT2D eigenvalue weighted by atomic mass is 32.3. The molecule has 122 valence electrons. The molecule has 1 aromatic rings. The molecule has 0 N–H and O–H groups in total. The van der Waals surface area contributed by atoms with Crippen molar-refractivity contribution >= 4 is 27.4 Å². The fourth-order valence-electron chi connectivity index (χ4n) is 4.23. The second kappa shape index (κ2) is 5.19. The molecule has 23 heavy (non-hydrogen) atoms. The average Bonchev–Trinajstić information content (AvgIpc) is 2.93. The van der Waals surface area contributed by atoms with Gasteiger partial charge in [-0.2, -0.15) is 0 Å². The van der Waals surface area contributed by atoms with Crippen molar-refractivity contribution in [1.29, 1.82) is 0 Å². The van der Waals surface area contributed by atoms with E-state index in [1.807, 2.05) is 43.3 Å². The van der Waals surface area contributed by atoms with Gasteiger partial charge in [-0.25, -0.2) is 0 Å². The summed E-state index contributed by atoms with van der Waals surface area (Å²) < 4.78 is 24.8. The van der Waals surface area contributed by atoms with Gasteiger partial charge in [-0.15, -0.1) is 0 Å². The maximum Gasteiger partial charge on any atom is 0.172 e. The first-order chi connectivity index (χ1) is 11.0. The average molecular weight is 349 g/mol. The third-order valence-corrected chi connectivity index (χ3v) is 10.6. The summed E-state index contributed by atoms with van der Waals surface area (Å²) in [7, 11) is -2.35. The van der Waals surface area contributed by atoms with Crippen LogP contribution in [0, 0.1) is 0 Å². The standard InChI is InChI=1S/C17H19NO3S2/c1-16-8-7-15(19)14(11-17(16)22(20)9-10-23(17)21)18(16)12-13-5-3-2-4-6-13/h2-8,14H,9-12H2,1H3/t14-,16-,17?,22?,23?/m1/s1. The van der Waals surface area contributed by atoms with E-state index in [4.69, 9.17) is 0 Å². The van der Waals surface area contributed by atoms with Crippen molar-refractivity contribution < 1.29 is 13.2 Å². The highest BCUT2D eigenvalue weighted by Gasteiger charge is 2.69. The van der Waals surface area contributed by atoms with Crippen LogP contribution in [-0.2, 0) is 32.9 Å². The zero-order valence-corrected chi connectivity index (χ0v) is 14.6. The summed E-state index contributed by atoms with van der Waals surface area (Å²) in [4.78, 5) is 14.5. The molecule has 0 saturated carbocycles. The highest BCUT2D eigenvalue weighted by molar-refractivity contribution is 8.07. The molecule has 1 aromatic carbocycles. The lowest BCUT2D eigenvalue weighted by Gasteiger charge is -2.43. The van der Waals surface area contributed by atoms with Crippen molar-refractivity contribution in [2.45, 2.75) is 35.5 Å². The Morgan fingerprint density at radius 3 is 2.48 bits per heavy atom. The van der Waals surface area contributed by atoms with E-state index in [1.54, 1.807) is 6.08 Å². The van der Waals surface area contributed by atoms with Crippen molar-refractivity contribution in [3.05, 3.63) is 48.0 Å². The van der Waals surface area contributed by atoms with Gasteiger partial charge in [0.25, 0.3) is 0 Å². The molecule has 4 atom stereocenters. The Morgan fingerprint density at radius 1 is 1.17 bits per heavy atom. The van der Waals surface area contributed by atoms with E-state index >= 15 is 0 Å². The topological polar surface area (TPSA) is 54.5 Å². The molecule has 1 spiro atoms. The fraction of sp³-hybridized carbons (Fsp3) is 0.471. The number of fused-ring (bicyclic) bond motifs is 3. The van der Waals surface area contributed by atoms with Crippen LogP contribution in [0.1, 0.15) is 18.9 Å². The normalized spacial score (nSPS) is 42.7. The smallest absolute Gasteiger partial charge is 0.172 e. The number of hydrogen-bond donors (Lipinski definition) is 0. The van der Waals surface area contributed by atoms with E-state index in [0.717, 1.165) is 5.56 Å². The minimum absolute atomic E-state index is 0.0381. The predicted octanol–water partition coefficient (Wildman–Crippen LogP) is 1.37. The first-order valence-electron chi connectivity index (χ1n) is 7.80. The Bertz CT molecular complexity index is 729. The van der Waals surface area contributed by atoms with Gasteiger partial charge in [-0.1, -0.05) is 36.4 Å². The molecule has 0 aromatic heterocycles. The maximum atomic E-state index is 12.8. The van der Waals surface area contributed by atoms with E-state index in [9.17, 15) is 13.2 Å². The van der Waals surface area contributed by atoms with Crippen molar-refractivity contribution in [2.24, 2.45) is 0 Å². The number of carbonyl (C=O) groups is 1. The third-order valence-electron chi connectivity index (χ3n) is 5.49. The summed E-state index contributed by atoms with van der Waals surface area (Å²) in [6, 6.07) is 9.65. The van der Waals surface area contributed by atoms with E-state index in [2.05, 4.69) is 4.90 Å². The van der Waals surface area contributed by atoms with Crippen LogP contribution in [-0.4, -0.2) is 46.3 Å². The van der Waals surface area contributed by atoms with E-state index < -0.39 is 31.2 Å². The number of rotatable bonds is 2. The van der Waals surface area contributed by atoms with Crippen LogP contribution >= 0.6 is 0 Å². The summed E-state index contributed by atoms with van der Waals surface area (Å²) in [5, 5.41) is 0. The van der Waals surface area contributed by atoms with Crippen LogP contribution in [0.3, 0.4) is 0 Å². The minimum atomic E-state index is -1.18. The molecule has 3 aliphatic heterocycles. The molecule has 0 amide bonds. The van der Waals surface area contributed by atoms with Crippen LogP contribution < -0.4 is 0 Å². The van der Waals surface area contributed by atoms with Crippen LogP contribution in [0.2, 0.25) is 0 Å². The zero-order valence-electron chi connectivity index (χ0n) is 12.9. The van der Waals surface area contributed by atoms with Crippen molar-refractivity contribution in [3.63, 3.8) is 0 Å². The van der Waals surface area contributed by atoms with E-state index in [0.29, 0.717) is 24.5 Å². The molecular formula is C17H19NO3S2. The Hall–Kier alpha value is -1.11. The monoisotopic (exact) mass is 349 g/mol. The van der Waals surface area contributed by atoms with Crippen LogP contribution in [0.5, 0.6) is 0 Å². The SMILES string of the molecule is C[C@@]12C=CC(=O)[C@@H](CC13S(=O)CCS3=O)N2Cc1ccccc1. The van der Waals surface area contributed by atoms with E-state index in [1.165, 1.54) is 0 Å². The Labute approximate surface area is 140 Å². The number of benzene rings is 1. The number of hydrogen-bond acceptors (Lipinski definition) is 4. The van der Waals surface area contributed by atoms with E-state index in [-0.39, 0.29) is 11.8 Å². The van der Waals surface area contributed by atoms with Gasteiger partial charge in [-0.3, -0.25) is 18.1 Å². The first kappa shape index (κ1) is 15.4. The Kier molecular flexibility index (Phi) is 3.48. The molecule has 2 bridgehead atoms. The maximum absolute atomic E-state index is 12.8. The van der Waals surface area contributed by atoms with Gasteiger partial charge in [0.2, 0.25) is 0 Å². The summed E-state index contributed by atoms with van der Waals surface area (Å²) in [6.07, 6.45) is 3.89. The Balaban J connectivity index is 1.82. The largest absolute Gasteiger partial charge is 0.293 e. The van der Waals surface area contributed by atoms with Gasteiger partial charge in [0, 0.05) is 46.1 Å².